The highest BCUT2D eigenvalue weighted by molar-refractivity contribution is 5.69. The van der Waals surface area contributed by atoms with Gasteiger partial charge < -0.3 is 24.1 Å². The Morgan fingerprint density at radius 1 is 0.548 bits per heavy atom. The molecule has 0 spiro atoms. The van der Waals surface area contributed by atoms with Crippen molar-refractivity contribution in [3.63, 3.8) is 0 Å². The van der Waals surface area contributed by atoms with Crippen molar-refractivity contribution in [3.8, 4) is 0 Å². The van der Waals surface area contributed by atoms with Gasteiger partial charge in [0.05, 0.1) is 45.6 Å². The molecule has 1 N–H and O–H groups in total. The molecule has 0 rings (SSSR count). The van der Waals surface area contributed by atoms with Crippen LogP contribution >= 0.6 is 0 Å². The average molecular weight is 447 g/mol. The summed E-state index contributed by atoms with van der Waals surface area (Å²) in [6.07, 6.45) is 14.8. The number of hydrogen-bond acceptors (Lipinski definition) is 5. The lowest BCUT2D eigenvalue weighted by atomic mass is 9.98. The van der Waals surface area contributed by atoms with E-state index in [0.717, 1.165) is 32.3 Å². The summed E-state index contributed by atoms with van der Waals surface area (Å²) in [5, 5.41) is 9.32. The zero-order valence-electron chi connectivity index (χ0n) is 20.4. The van der Waals surface area contributed by atoms with Crippen LogP contribution < -0.4 is 0 Å². The first-order valence-corrected chi connectivity index (χ1v) is 12.8. The van der Waals surface area contributed by atoms with E-state index < -0.39 is 5.97 Å². The van der Waals surface area contributed by atoms with Crippen LogP contribution in [0.4, 0.5) is 0 Å². The first-order chi connectivity index (χ1) is 15.2. The van der Waals surface area contributed by atoms with Gasteiger partial charge in [0, 0.05) is 13.2 Å². The number of unbranched alkanes of at least 4 members (excludes halogenated alkanes) is 9. The third-order valence-electron chi connectivity index (χ3n) is 5.37. The van der Waals surface area contributed by atoms with Crippen molar-refractivity contribution in [1.82, 2.24) is 0 Å². The number of hydrogen-bond donors (Lipinski definition) is 1. The predicted octanol–water partition coefficient (Wildman–Crippen LogP) is 5.86. The van der Waals surface area contributed by atoms with Crippen molar-refractivity contribution in [2.24, 2.45) is 5.92 Å². The van der Waals surface area contributed by atoms with Crippen molar-refractivity contribution in [3.05, 3.63) is 0 Å². The van der Waals surface area contributed by atoms with Crippen LogP contribution in [0.15, 0.2) is 0 Å². The van der Waals surface area contributed by atoms with Gasteiger partial charge in [-0.05, 0) is 19.3 Å². The standard InChI is InChI=1S/C25H50O6/c1-3-5-7-9-11-13-16-28-18-20-30-22-23-31-21-19-29-17-15-24(25(26)27)14-12-10-8-6-4-2/h24H,3-23H2,1-2H3,(H,26,27). The maximum Gasteiger partial charge on any atom is 0.306 e. The first kappa shape index (κ1) is 30.3. The lowest BCUT2D eigenvalue weighted by Crippen LogP contribution is -2.17. The average Bonchev–Trinajstić information content (AvgIpc) is 2.76. The second kappa shape index (κ2) is 25.6. The van der Waals surface area contributed by atoms with E-state index in [1.165, 1.54) is 51.4 Å². The highest BCUT2D eigenvalue weighted by Crippen LogP contribution is 2.15. The zero-order valence-corrected chi connectivity index (χ0v) is 20.4. The number of carbonyl (C=O) groups is 1. The Balaban J connectivity index is 3.29. The Kier molecular flexibility index (Phi) is 25.0. The molecule has 0 amide bonds. The van der Waals surface area contributed by atoms with Gasteiger partial charge in [-0.3, -0.25) is 4.79 Å². The molecule has 1 atom stereocenters. The van der Waals surface area contributed by atoms with E-state index in [1.807, 2.05) is 0 Å². The molecule has 186 valence electrons. The minimum absolute atomic E-state index is 0.292. The summed E-state index contributed by atoms with van der Waals surface area (Å²) in [6, 6.07) is 0. The van der Waals surface area contributed by atoms with Crippen LogP contribution in [0.3, 0.4) is 0 Å². The highest BCUT2D eigenvalue weighted by Gasteiger charge is 2.16. The van der Waals surface area contributed by atoms with Crippen LogP contribution in [-0.2, 0) is 23.7 Å². The number of carboxylic acids is 1. The van der Waals surface area contributed by atoms with Crippen molar-refractivity contribution >= 4 is 5.97 Å². The van der Waals surface area contributed by atoms with Gasteiger partial charge in [0.1, 0.15) is 0 Å². The molecule has 0 radical (unpaired) electrons. The van der Waals surface area contributed by atoms with Gasteiger partial charge in [0.25, 0.3) is 0 Å². The van der Waals surface area contributed by atoms with Crippen LogP contribution in [0.1, 0.15) is 97.3 Å². The van der Waals surface area contributed by atoms with E-state index in [2.05, 4.69) is 13.8 Å². The smallest absolute Gasteiger partial charge is 0.306 e. The fourth-order valence-electron chi connectivity index (χ4n) is 3.36. The van der Waals surface area contributed by atoms with Gasteiger partial charge >= 0.3 is 5.97 Å². The van der Waals surface area contributed by atoms with E-state index >= 15 is 0 Å². The van der Waals surface area contributed by atoms with E-state index in [-0.39, 0.29) is 5.92 Å². The molecule has 0 bridgehead atoms. The molecule has 0 saturated heterocycles. The van der Waals surface area contributed by atoms with Crippen LogP contribution in [0, 0.1) is 5.92 Å². The molecule has 0 heterocycles. The van der Waals surface area contributed by atoms with Crippen molar-refractivity contribution in [1.29, 1.82) is 0 Å². The van der Waals surface area contributed by atoms with Gasteiger partial charge in [-0.25, -0.2) is 0 Å². The lowest BCUT2D eigenvalue weighted by Gasteiger charge is -2.12. The molecule has 0 fully saturated rings. The monoisotopic (exact) mass is 446 g/mol. The molecule has 0 aliphatic carbocycles. The third-order valence-corrected chi connectivity index (χ3v) is 5.37. The van der Waals surface area contributed by atoms with Gasteiger partial charge in [-0.1, -0.05) is 78.1 Å². The molecule has 6 nitrogen and oxygen atoms in total. The molecule has 0 aliphatic heterocycles. The summed E-state index contributed by atoms with van der Waals surface area (Å²) in [6.45, 7) is 9.05. The lowest BCUT2D eigenvalue weighted by molar-refractivity contribution is -0.142. The van der Waals surface area contributed by atoms with Crippen LogP contribution in [0.2, 0.25) is 0 Å². The third kappa shape index (κ3) is 23.8. The number of ether oxygens (including phenoxy) is 4. The Labute approximate surface area is 191 Å². The summed E-state index contributed by atoms with van der Waals surface area (Å²) >= 11 is 0. The normalized spacial score (nSPS) is 12.3. The zero-order chi connectivity index (χ0) is 22.8. The van der Waals surface area contributed by atoms with E-state index in [4.69, 9.17) is 18.9 Å². The largest absolute Gasteiger partial charge is 0.481 e. The SMILES string of the molecule is CCCCCCCCOCCOCCOCCOCCC(CCCCCCC)C(=O)O. The molecule has 0 aromatic rings. The van der Waals surface area contributed by atoms with Gasteiger partial charge in [0.2, 0.25) is 0 Å². The maximum atomic E-state index is 11.3. The van der Waals surface area contributed by atoms with E-state index in [1.54, 1.807) is 0 Å². The number of aliphatic carboxylic acids is 1. The van der Waals surface area contributed by atoms with Crippen molar-refractivity contribution < 1.29 is 28.8 Å². The van der Waals surface area contributed by atoms with Crippen LogP contribution in [0.25, 0.3) is 0 Å². The van der Waals surface area contributed by atoms with Crippen molar-refractivity contribution in [2.45, 2.75) is 97.3 Å². The minimum Gasteiger partial charge on any atom is -0.481 e. The molecule has 0 aromatic heterocycles. The molecule has 31 heavy (non-hydrogen) atoms. The second-order valence-corrected chi connectivity index (χ2v) is 8.24. The van der Waals surface area contributed by atoms with Gasteiger partial charge in [-0.15, -0.1) is 0 Å². The number of carboxylic acid groups (broad SMARTS) is 1. The molecule has 1 unspecified atom stereocenters. The molecular formula is C25H50O6. The van der Waals surface area contributed by atoms with Crippen molar-refractivity contribution in [2.75, 3.05) is 52.9 Å². The van der Waals surface area contributed by atoms with Crippen LogP contribution in [-0.4, -0.2) is 63.9 Å². The summed E-state index contributed by atoms with van der Waals surface area (Å²) in [5.74, 6) is -0.998. The van der Waals surface area contributed by atoms with Gasteiger partial charge in [-0.2, -0.15) is 0 Å². The van der Waals surface area contributed by atoms with E-state index in [9.17, 15) is 9.90 Å². The molecule has 6 heteroatoms. The quantitative estimate of drug-likeness (QED) is 0.168. The fraction of sp³-hybridized carbons (Fsp3) is 0.960. The predicted molar refractivity (Wildman–Crippen MR) is 126 cm³/mol. The number of rotatable bonds is 26. The molecule has 0 aliphatic rings. The van der Waals surface area contributed by atoms with E-state index in [0.29, 0.717) is 52.7 Å². The Morgan fingerprint density at radius 2 is 0.968 bits per heavy atom. The first-order valence-electron chi connectivity index (χ1n) is 12.8. The molecule has 0 saturated carbocycles. The summed E-state index contributed by atoms with van der Waals surface area (Å²) < 4.78 is 22.0. The van der Waals surface area contributed by atoms with Crippen LogP contribution in [0.5, 0.6) is 0 Å². The Hall–Kier alpha value is -0.690. The Morgan fingerprint density at radius 3 is 1.48 bits per heavy atom. The molecule has 0 aromatic carbocycles. The summed E-state index contributed by atoms with van der Waals surface area (Å²) in [7, 11) is 0. The summed E-state index contributed by atoms with van der Waals surface area (Å²) in [5.41, 5.74) is 0. The fourth-order valence-corrected chi connectivity index (χ4v) is 3.36. The highest BCUT2D eigenvalue weighted by atomic mass is 16.6. The summed E-state index contributed by atoms with van der Waals surface area (Å²) in [4.78, 5) is 11.3. The minimum atomic E-state index is -0.705. The molecular weight excluding hydrogens is 396 g/mol. The Bertz CT molecular complexity index is 364. The maximum absolute atomic E-state index is 11.3. The second-order valence-electron chi connectivity index (χ2n) is 8.24. The topological polar surface area (TPSA) is 74.2 Å². The van der Waals surface area contributed by atoms with Gasteiger partial charge in [0.15, 0.2) is 0 Å².